The molecular formula is C12H14N6O2. The Kier molecular flexibility index (Phi) is 4.04. The maximum atomic E-state index is 11.8. The van der Waals surface area contributed by atoms with Gasteiger partial charge in [-0.3, -0.25) is 9.59 Å². The lowest BCUT2D eigenvalue weighted by Gasteiger charge is -2.09. The summed E-state index contributed by atoms with van der Waals surface area (Å²) >= 11 is 0. The molecule has 104 valence electrons. The van der Waals surface area contributed by atoms with Gasteiger partial charge in [0.2, 0.25) is 0 Å². The number of carbonyl (C=O) groups is 2. The van der Waals surface area contributed by atoms with Crippen LogP contribution in [0.15, 0.2) is 18.2 Å². The zero-order valence-corrected chi connectivity index (χ0v) is 11.1. The van der Waals surface area contributed by atoms with Gasteiger partial charge in [0, 0.05) is 17.8 Å². The molecule has 8 heteroatoms. The summed E-state index contributed by atoms with van der Waals surface area (Å²) in [6.45, 7) is 4.20. The molecule has 2 rings (SSSR count). The summed E-state index contributed by atoms with van der Waals surface area (Å²) in [7, 11) is 0. The molecule has 3 N–H and O–H groups in total. The lowest BCUT2D eigenvalue weighted by atomic mass is 10.1. The molecule has 1 aromatic heterocycles. The molecule has 0 aliphatic rings. The van der Waals surface area contributed by atoms with Crippen molar-refractivity contribution >= 4 is 17.5 Å². The van der Waals surface area contributed by atoms with E-state index in [0.717, 1.165) is 5.56 Å². The monoisotopic (exact) mass is 274 g/mol. The number of aryl methyl sites for hydroxylation is 1. The van der Waals surface area contributed by atoms with Crippen molar-refractivity contribution in [1.82, 2.24) is 25.9 Å². The van der Waals surface area contributed by atoms with Gasteiger partial charge in [0.15, 0.2) is 0 Å². The summed E-state index contributed by atoms with van der Waals surface area (Å²) in [6, 6.07) is 5.07. The first-order valence-corrected chi connectivity index (χ1v) is 6.05. The molecule has 8 nitrogen and oxygen atoms in total. The third-order valence-electron chi connectivity index (χ3n) is 2.63. The van der Waals surface area contributed by atoms with E-state index in [2.05, 4.69) is 31.3 Å². The molecule has 0 unspecified atom stereocenters. The Hall–Kier alpha value is -2.77. The third kappa shape index (κ3) is 2.97. The van der Waals surface area contributed by atoms with Gasteiger partial charge in [-0.05, 0) is 36.8 Å². The van der Waals surface area contributed by atoms with Gasteiger partial charge in [-0.15, -0.1) is 10.2 Å². The van der Waals surface area contributed by atoms with Gasteiger partial charge < -0.3 is 10.6 Å². The third-order valence-corrected chi connectivity index (χ3v) is 2.63. The fraction of sp³-hybridized carbons (Fsp3) is 0.250. The molecule has 0 spiro atoms. The molecule has 1 aromatic carbocycles. The first-order valence-electron chi connectivity index (χ1n) is 6.05. The van der Waals surface area contributed by atoms with Gasteiger partial charge in [0.1, 0.15) is 0 Å². The summed E-state index contributed by atoms with van der Waals surface area (Å²) in [5.41, 5.74) is 1.83. The van der Waals surface area contributed by atoms with Crippen molar-refractivity contribution in [3.8, 4) is 0 Å². The average Bonchev–Trinajstić information content (AvgIpc) is 2.95. The van der Waals surface area contributed by atoms with Crippen LogP contribution in [0.25, 0.3) is 0 Å². The highest BCUT2D eigenvalue weighted by Crippen LogP contribution is 2.17. The summed E-state index contributed by atoms with van der Waals surface area (Å²) in [6.07, 6.45) is 0. The van der Waals surface area contributed by atoms with Crippen molar-refractivity contribution < 1.29 is 9.59 Å². The van der Waals surface area contributed by atoms with Crippen molar-refractivity contribution in [2.24, 2.45) is 0 Å². The van der Waals surface area contributed by atoms with E-state index in [1.807, 2.05) is 13.8 Å². The van der Waals surface area contributed by atoms with Crippen molar-refractivity contribution in [3.63, 3.8) is 0 Å². The number of nitrogens with one attached hydrogen (secondary N) is 3. The average molecular weight is 274 g/mol. The Bertz CT molecular complexity index is 623. The van der Waals surface area contributed by atoms with E-state index in [1.165, 1.54) is 0 Å². The smallest absolute Gasteiger partial charge is 0.297 e. The second kappa shape index (κ2) is 5.91. The predicted octanol–water partition coefficient (Wildman–Crippen LogP) is 0.510. The van der Waals surface area contributed by atoms with Gasteiger partial charge in [0.25, 0.3) is 17.6 Å². The quantitative estimate of drug-likeness (QED) is 0.752. The Morgan fingerprint density at radius 1 is 1.30 bits per heavy atom. The number of tetrazole rings is 1. The maximum absolute atomic E-state index is 11.8. The van der Waals surface area contributed by atoms with Crippen LogP contribution in [0.2, 0.25) is 0 Å². The van der Waals surface area contributed by atoms with Gasteiger partial charge in [-0.25, -0.2) is 0 Å². The van der Waals surface area contributed by atoms with E-state index in [1.54, 1.807) is 18.2 Å². The summed E-state index contributed by atoms with van der Waals surface area (Å²) < 4.78 is 0. The minimum Gasteiger partial charge on any atom is -0.352 e. The molecule has 2 aromatic rings. The number of hydrogen-bond donors (Lipinski definition) is 3. The fourth-order valence-electron chi connectivity index (χ4n) is 1.60. The number of nitrogens with zero attached hydrogens (tertiary/aromatic N) is 3. The molecule has 1 heterocycles. The van der Waals surface area contributed by atoms with Crippen LogP contribution in [-0.4, -0.2) is 39.0 Å². The standard InChI is InChI=1S/C12H14N6O2/c1-3-13-11(19)8-5-4-7(2)9(6-8)14-12(20)10-15-17-18-16-10/h4-6H,3H2,1-2H3,(H,13,19)(H,14,20)(H,15,16,17,18). The van der Waals surface area contributed by atoms with Crippen LogP contribution in [0.5, 0.6) is 0 Å². The van der Waals surface area contributed by atoms with E-state index in [9.17, 15) is 9.59 Å². The van der Waals surface area contributed by atoms with Crippen LogP contribution in [0, 0.1) is 6.92 Å². The number of aromatic amines is 1. The van der Waals surface area contributed by atoms with Gasteiger partial charge in [0.05, 0.1) is 0 Å². The highest BCUT2D eigenvalue weighted by molar-refractivity contribution is 6.03. The number of anilines is 1. The Morgan fingerprint density at radius 2 is 2.10 bits per heavy atom. The molecule has 20 heavy (non-hydrogen) atoms. The number of H-pyrrole nitrogens is 1. The molecule has 0 fully saturated rings. The van der Waals surface area contributed by atoms with Crippen LogP contribution >= 0.6 is 0 Å². The normalized spacial score (nSPS) is 10.1. The first-order chi connectivity index (χ1) is 9.61. The number of amides is 2. The molecule has 0 aliphatic heterocycles. The zero-order valence-electron chi connectivity index (χ0n) is 11.1. The fourth-order valence-corrected chi connectivity index (χ4v) is 1.60. The molecule has 2 amide bonds. The van der Waals surface area contributed by atoms with Crippen LogP contribution in [-0.2, 0) is 0 Å². The Balaban J connectivity index is 2.21. The van der Waals surface area contributed by atoms with E-state index >= 15 is 0 Å². The van der Waals surface area contributed by atoms with Crippen LogP contribution in [0.1, 0.15) is 33.5 Å². The topological polar surface area (TPSA) is 113 Å². The van der Waals surface area contributed by atoms with E-state index < -0.39 is 5.91 Å². The number of carbonyl (C=O) groups excluding carboxylic acids is 2. The minimum absolute atomic E-state index is 0.0622. The van der Waals surface area contributed by atoms with E-state index in [-0.39, 0.29) is 11.7 Å². The van der Waals surface area contributed by atoms with Crippen molar-refractivity contribution in [2.45, 2.75) is 13.8 Å². The van der Waals surface area contributed by atoms with Gasteiger partial charge >= 0.3 is 0 Å². The molecule has 0 atom stereocenters. The number of aromatic nitrogens is 4. The second-order valence-corrected chi connectivity index (χ2v) is 4.08. The molecule has 0 saturated heterocycles. The SMILES string of the molecule is CCNC(=O)c1ccc(C)c(NC(=O)c2nn[nH]n2)c1. The zero-order chi connectivity index (χ0) is 14.5. The maximum Gasteiger partial charge on any atom is 0.297 e. The molecule has 0 bridgehead atoms. The molecule has 0 radical (unpaired) electrons. The molecule has 0 saturated carbocycles. The highest BCUT2D eigenvalue weighted by Gasteiger charge is 2.13. The van der Waals surface area contributed by atoms with Crippen LogP contribution in [0.3, 0.4) is 0 Å². The highest BCUT2D eigenvalue weighted by atomic mass is 16.2. The minimum atomic E-state index is -0.491. The summed E-state index contributed by atoms with van der Waals surface area (Å²) in [5.74, 6) is -0.745. The second-order valence-electron chi connectivity index (χ2n) is 4.08. The lowest BCUT2D eigenvalue weighted by Crippen LogP contribution is -2.23. The Morgan fingerprint density at radius 3 is 2.75 bits per heavy atom. The van der Waals surface area contributed by atoms with Gasteiger partial charge in [-0.1, -0.05) is 6.07 Å². The van der Waals surface area contributed by atoms with Crippen molar-refractivity contribution in [3.05, 3.63) is 35.2 Å². The first kappa shape index (κ1) is 13.7. The summed E-state index contributed by atoms with van der Waals surface area (Å²) in [4.78, 5) is 23.6. The van der Waals surface area contributed by atoms with Crippen molar-refractivity contribution in [1.29, 1.82) is 0 Å². The molecular weight excluding hydrogens is 260 g/mol. The van der Waals surface area contributed by atoms with Crippen LogP contribution < -0.4 is 10.6 Å². The van der Waals surface area contributed by atoms with E-state index in [4.69, 9.17) is 0 Å². The molecule has 0 aliphatic carbocycles. The number of benzene rings is 1. The lowest BCUT2D eigenvalue weighted by molar-refractivity contribution is 0.0954. The summed E-state index contributed by atoms with van der Waals surface area (Å²) in [5, 5.41) is 18.0. The largest absolute Gasteiger partial charge is 0.352 e. The van der Waals surface area contributed by atoms with Crippen molar-refractivity contribution in [2.75, 3.05) is 11.9 Å². The predicted molar refractivity (Wildman–Crippen MR) is 71.3 cm³/mol. The Labute approximate surface area is 115 Å². The number of rotatable bonds is 4. The van der Waals surface area contributed by atoms with E-state index in [0.29, 0.717) is 17.8 Å². The number of hydrogen-bond acceptors (Lipinski definition) is 5. The van der Waals surface area contributed by atoms with Gasteiger partial charge in [-0.2, -0.15) is 5.21 Å². The van der Waals surface area contributed by atoms with Crippen LogP contribution in [0.4, 0.5) is 5.69 Å².